The van der Waals surface area contributed by atoms with Gasteiger partial charge in [0.2, 0.25) is 0 Å². The summed E-state index contributed by atoms with van der Waals surface area (Å²) in [6.45, 7) is 0.165. The lowest BCUT2D eigenvalue weighted by molar-refractivity contribution is 0.0996. The normalized spacial score (nSPS) is 10.3. The van der Waals surface area contributed by atoms with Gasteiger partial charge in [0.05, 0.1) is 5.56 Å². The summed E-state index contributed by atoms with van der Waals surface area (Å²) >= 11 is 5.81. The van der Waals surface area contributed by atoms with Crippen molar-refractivity contribution < 1.29 is 9.53 Å². The van der Waals surface area contributed by atoms with E-state index in [1.807, 2.05) is 0 Å². The molecule has 0 aliphatic rings. The average Bonchev–Trinajstić information content (AvgIpc) is 2.41. The Hall–Kier alpha value is -2.27. The van der Waals surface area contributed by atoms with Crippen LogP contribution < -0.4 is 16.0 Å². The summed E-state index contributed by atoms with van der Waals surface area (Å²) in [6, 6.07) is 7.86. The molecule has 0 spiro atoms. The van der Waals surface area contributed by atoms with Crippen molar-refractivity contribution in [2.45, 2.75) is 6.61 Å². The number of nitrogens with zero attached hydrogens (tertiary/aromatic N) is 1. The van der Waals surface area contributed by atoms with E-state index in [1.54, 1.807) is 31.4 Å². The van der Waals surface area contributed by atoms with Gasteiger partial charge in [0.25, 0.3) is 11.5 Å². The summed E-state index contributed by atoms with van der Waals surface area (Å²) in [5.41, 5.74) is 6.05. The maximum absolute atomic E-state index is 11.5. The Morgan fingerprint density at radius 2 is 2.10 bits per heavy atom. The van der Waals surface area contributed by atoms with E-state index < -0.39 is 5.91 Å². The van der Waals surface area contributed by atoms with E-state index in [2.05, 4.69) is 0 Å². The molecule has 1 amide bonds. The van der Waals surface area contributed by atoms with E-state index in [0.717, 1.165) is 0 Å². The highest BCUT2D eigenvalue weighted by atomic mass is 35.5. The number of aryl methyl sites for hydroxylation is 1. The molecule has 6 heteroatoms. The molecule has 0 bridgehead atoms. The maximum Gasteiger partial charge on any atom is 0.252 e. The van der Waals surface area contributed by atoms with Gasteiger partial charge in [-0.2, -0.15) is 0 Å². The number of ether oxygens (including phenoxy) is 1. The second kappa shape index (κ2) is 5.79. The SMILES string of the molecule is Cn1ccc(COc2ccc(Cl)cc2C(N)=O)cc1=O. The highest BCUT2D eigenvalue weighted by Gasteiger charge is 2.10. The Kier molecular flexibility index (Phi) is 4.10. The lowest BCUT2D eigenvalue weighted by Gasteiger charge is -2.10. The van der Waals surface area contributed by atoms with E-state index in [4.69, 9.17) is 22.1 Å². The van der Waals surface area contributed by atoms with Crippen LogP contribution in [0.15, 0.2) is 41.3 Å². The summed E-state index contributed by atoms with van der Waals surface area (Å²) in [4.78, 5) is 22.8. The molecule has 20 heavy (non-hydrogen) atoms. The second-order valence-corrected chi connectivity index (χ2v) is 4.71. The van der Waals surface area contributed by atoms with Crippen molar-refractivity contribution in [1.82, 2.24) is 4.57 Å². The number of hydrogen-bond acceptors (Lipinski definition) is 3. The van der Waals surface area contributed by atoms with Crippen LogP contribution in [0.4, 0.5) is 0 Å². The van der Waals surface area contributed by atoms with Crippen LogP contribution in [0.5, 0.6) is 5.75 Å². The molecule has 0 aliphatic heterocycles. The number of carbonyl (C=O) groups excluding carboxylic acids is 1. The monoisotopic (exact) mass is 292 g/mol. The van der Waals surface area contributed by atoms with Crippen molar-refractivity contribution in [2.24, 2.45) is 12.8 Å². The third kappa shape index (κ3) is 3.19. The van der Waals surface area contributed by atoms with Gasteiger partial charge >= 0.3 is 0 Å². The Bertz CT molecular complexity index is 710. The predicted octanol–water partition coefficient (Wildman–Crippen LogP) is 1.72. The smallest absolute Gasteiger partial charge is 0.252 e. The van der Waals surface area contributed by atoms with Gasteiger partial charge in [0.15, 0.2) is 0 Å². The summed E-state index contributed by atoms with van der Waals surface area (Å²) in [6.07, 6.45) is 1.65. The van der Waals surface area contributed by atoms with Crippen molar-refractivity contribution in [1.29, 1.82) is 0 Å². The van der Waals surface area contributed by atoms with Crippen molar-refractivity contribution in [3.8, 4) is 5.75 Å². The first kappa shape index (κ1) is 14.1. The maximum atomic E-state index is 11.5. The van der Waals surface area contributed by atoms with Gasteiger partial charge in [-0.15, -0.1) is 0 Å². The molecule has 2 rings (SSSR count). The van der Waals surface area contributed by atoms with Crippen molar-refractivity contribution >= 4 is 17.5 Å². The molecular formula is C14H13ClN2O3. The van der Waals surface area contributed by atoms with Crippen LogP contribution in [0.25, 0.3) is 0 Å². The summed E-state index contributed by atoms with van der Waals surface area (Å²) in [5.74, 6) is -0.283. The van der Waals surface area contributed by atoms with Crippen LogP contribution in [0.2, 0.25) is 5.02 Å². The highest BCUT2D eigenvalue weighted by Crippen LogP contribution is 2.23. The average molecular weight is 293 g/mol. The van der Waals surface area contributed by atoms with Gasteiger partial charge in [-0.1, -0.05) is 11.6 Å². The molecule has 0 saturated heterocycles. The lowest BCUT2D eigenvalue weighted by atomic mass is 10.2. The first-order valence-electron chi connectivity index (χ1n) is 5.85. The van der Waals surface area contributed by atoms with E-state index >= 15 is 0 Å². The Balaban J connectivity index is 2.20. The van der Waals surface area contributed by atoms with Crippen LogP contribution in [0.3, 0.4) is 0 Å². The molecule has 1 aromatic heterocycles. The zero-order valence-electron chi connectivity index (χ0n) is 10.8. The van der Waals surface area contributed by atoms with Gasteiger partial charge in [0, 0.05) is 24.3 Å². The van der Waals surface area contributed by atoms with Gasteiger partial charge < -0.3 is 15.0 Å². The van der Waals surface area contributed by atoms with Gasteiger partial charge in [0.1, 0.15) is 12.4 Å². The third-order valence-electron chi connectivity index (χ3n) is 2.77. The number of benzene rings is 1. The van der Waals surface area contributed by atoms with Crippen molar-refractivity contribution in [3.63, 3.8) is 0 Å². The Morgan fingerprint density at radius 3 is 2.75 bits per heavy atom. The van der Waals surface area contributed by atoms with Crippen LogP contribution in [0.1, 0.15) is 15.9 Å². The topological polar surface area (TPSA) is 74.3 Å². The minimum Gasteiger partial charge on any atom is -0.488 e. The standard InChI is InChI=1S/C14H13ClN2O3/c1-17-5-4-9(6-13(17)18)8-20-12-3-2-10(15)7-11(12)14(16)19/h2-7H,8H2,1H3,(H2,16,19). The van der Waals surface area contributed by atoms with Crippen molar-refractivity contribution in [3.05, 3.63) is 63.0 Å². The second-order valence-electron chi connectivity index (χ2n) is 4.28. The molecule has 0 radical (unpaired) electrons. The van der Waals surface area contributed by atoms with Crippen LogP contribution in [-0.4, -0.2) is 10.5 Å². The number of pyridine rings is 1. The fourth-order valence-electron chi connectivity index (χ4n) is 1.66. The fourth-order valence-corrected chi connectivity index (χ4v) is 1.83. The molecule has 0 aliphatic carbocycles. The number of halogens is 1. The van der Waals surface area contributed by atoms with E-state index in [0.29, 0.717) is 16.3 Å². The molecule has 0 saturated carbocycles. The zero-order valence-corrected chi connectivity index (χ0v) is 11.6. The van der Waals surface area contributed by atoms with Gasteiger partial charge in [-0.3, -0.25) is 9.59 Å². The van der Waals surface area contributed by atoms with Gasteiger partial charge in [-0.25, -0.2) is 0 Å². The minimum atomic E-state index is -0.619. The number of carbonyl (C=O) groups is 1. The molecule has 0 atom stereocenters. The predicted molar refractivity (Wildman–Crippen MR) is 76.0 cm³/mol. The zero-order chi connectivity index (χ0) is 14.7. The van der Waals surface area contributed by atoms with E-state index in [9.17, 15) is 9.59 Å². The van der Waals surface area contributed by atoms with Crippen LogP contribution >= 0.6 is 11.6 Å². The van der Waals surface area contributed by atoms with Crippen molar-refractivity contribution in [2.75, 3.05) is 0 Å². The number of aromatic nitrogens is 1. The summed E-state index contributed by atoms with van der Waals surface area (Å²) < 4.78 is 6.99. The molecule has 1 aromatic carbocycles. The number of hydrogen-bond donors (Lipinski definition) is 1. The molecule has 5 nitrogen and oxygen atoms in total. The Morgan fingerprint density at radius 1 is 1.35 bits per heavy atom. The Labute approximate surface area is 120 Å². The summed E-state index contributed by atoms with van der Waals surface area (Å²) in [5, 5.41) is 0.403. The highest BCUT2D eigenvalue weighted by molar-refractivity contribution is 6.31. The number of primary amides is 1. The van der Waals surface area contributed by atoms with Crippen LogP contribution in [0, 0.1) is 0 Å². The molecule has 0 unspecified atom stereocenters. The summed E-state index contributed by atoms with van der Waals surface area (Å²) in [7, 11) is 1.66. The molecular weight excluding hydrogens is 280 g/mol. The number of nitrogens with two attached hydrogens (primary N) is 1. The van der Waals surface area contributed by atoms with E-state index in [-0.39, 0.29) is 17.7 Å². The largest absolute Gasteiger partial charge is 0.488 e. The van der Waals surface area contributed by atoms with Gasteiger partial charge in [-0.05, 0) is 29.8 Å². The van der Waals surface area contributed by atoms with Crippen LogP contribution in [-0.2, 0) is 13.7 Å². The first-order chi connectivity index (χ1) is 9.47. The molecule has 1 heterocycles. The van der Waals surface area contributed by atoms with E-state index in [1.165, 1.54) is 16.7 Å². The fraction of sp³-hybridized carbons (Fsp3) is 0.143. The number of amides is 1. The quantitative estimate of drug-likeness (QED) is 0.932. The number of rotatable bonds is 4. The minimum absolute atomic E-state index is 0.127. The third-order valence-corrected chi connectivity index (χ3v) is 3.01. The first-order valence-corrected chi connectivity index (χ1v) is 6.23. The molecule has 104 valence electrons. The lowest BCUT2D eigenvalue weighted by Crippen LogP contribution is -2.16. The molecule has 0 fully saturated rings. The molecule has 2 aromatic rings. The molecule has 2 N–H and O–H groups in total.